The van der Waals surface area contributed by atoms with E-state index in [9.17, 15) is 14.9 Å². The number of ether oxygens (including phenoxy) is 7. The second-order valence-electron chi connectivity index (χ2n) is 7.84. The quantitative estimate of drug-likeness (QED) is 0.152. The Kier molecular flexibility index (Phi) is 15.2. The molecule has 2 aromatic carbocycles. The third-order valence-electron chi connectivity index (χ3n) is 4.97. The number of rotatable bonds is 20. The highest BCUT2D eigenvalue weighted by Crippen LogP contribution is 2.35. The molecule has 210 valence electrons. The molecule has 1 amide bonds. The number of carbonyl (C=O) groups excluding carboxylic acids is 1. The number of amides is 1. The SMILES string of the molecule is COc1c(C)cc([N+](=O)[O-])cc1OCCOCCOCCOCCOCCNC(=O)OCc1ccccc1. The van der Waals surface area contributed by atoms with Crippen molar-refractivity contribution in [1.29, 1.82) is 0 Å². The molecule has 2 aromatic rings. The molecule has 12 nitrogen and oxygen atoms in total. The van der Waals surface area contributed by atoms with Gasteiger partial charge in [-0.1, -0.05) is 30.3 Å². The topological polar surface area (TPSA) is 137 Å². The number of alkyl carbamates (subject to hydrolysis) is 1. The zero-order valence-electron chi connectivity index (χ0n) is 21.8. The van der Waals surface area contributed by atoms with Gasteiger partial charge in [0, 0.05) is 18.2 Å². The third kappa shape index (κ3) is 12.7. The van der Waals surface area contributed by atoms with Gasteiger partial charge in [0.25, 0.3) is 5.69 Å². The summed E-state index contributed by atoms with van der Waals surface area (Å²) in [6.45, 7) is 5.57. The summed E-state index contributed by atoms with van der Waals surface area (Å²) in [6.07, 6.45) is -0.486. The zero-order chi connectivity index (χ0) is 27.4. The van der Waals surface area contributed by atoms with Crippen molar-refractivity contribution in [2.24, 2.45) is 0 Å². The fourth-order valence-corrected chi connectivity index (χ4v) is 3.17. The average molecular weight is 537 g/mol. The largest absolute Gasteiger partial charge is 0.493 e. The van der Waals surface area contributed by atoms with Crippen LogP contribution in [0.5, 0.6) is 11.5 Å². The lowest BCUT2D eigenvalue weighted by atomic mass is 10.2. The molecule has 0 heterocycles. The summed E-state index contributed by atoms with van der Waals surface area (Å²) in [7, 11) is 1.48. The summed E-state index contributed by atoms with van der Waals surface area (Å²) in [5, 5.41) is 13.7. The van der Waals surface area contributed by atoms with Crippen LogP contribution in [0, 0.1) is 17.0 Å². The van der Waals surface area contributed by atoms with E-state index in [4.69, 9.17) is 33.2 Å². The van der Waals surface area contributed by atoms with Gasteiger partial charge in [0.15, 0.2) is 11.5 Å². The van der Waals surface area contributed by atoms with Crippen LogP contribution in [-0.4, -0.2) is 84.1 Å². The van der Waals surface area contributed by atoms with Crippen molar-refractivity contribution in [3.05, 3.63) is 63.7 Å². The minimum Gasteiger partial charge on any atom is -0.493 e. The maximum Gasteiger partial charge on any atom is 0.407 e. The van der Waals surface area contributed by atoms with E-state index < -0.39 is 11.0 Å². The summed E-state index contributed by atoms with van der Waals surface area (Å²) in [5.74, 6) is 0.762. The number of hydrogen-bond donors (Lipinski definition) is 1. The molecule has 38 heavy (non-hydrogen) atoms. The minimum atomic E-state index is -0.486. The first-order valence-corrected chi connectivity index (χ1v) is 12.2. The molecule has 12 heteroatoms. The van der Waals surface area contributed by atoms with Gasteiger partial charge in [-0.15, -0.1) is 0 Å². The predicted molar refractivity (Wildman–Crippen MR) is 138 cm³/mol. The first kappa shape index (κ1) is 30.8. The normalized spacial score (nSPS) is 10.7. The number of aryl methyl sites for hydroxylation is 1. The standard InChI is InChI=1S/C26H36N2O10/c1-21-18-23(28(30)31)19-24(25(21)32-2)37-17-16-36-15-14-35-13-12-34-11-10-33-9-8-27-26(29)38-20-22-6-4-3-5-7-22/h3-7,18-19H,8-17,20H2,1-2H3,(H,27,29). The van der Waals surface area contributed by atoms with E-state index in [0.717, 1.165) is 5.56 Å². The second-order valence-corrected chi connectivity index (χ2v) is 7.84. The predicted octanol–water partition coefficient (Wildman–Crippen LogP) is 3.28. The first-order valence-electron chi connectivity index (χ1n) is 12.2. The van der Waals surface area contributed by atoms with Crippen molar-refractivity contribution in [2.45, 2.75) is 13.5 Å². The molecule has 0 unspecified atom stereocenters. The zero-order valence-corrected chi connectivity index (χ0v) is 21.8. The molecule has 0 saturated carbocycles. The lowest BCUT2D eigenvalue weighted by Gasteiger charge is -2.13. The highest BCUT2D eigenvalue weighted by Gasteiger charge is 2.16. The maximum absolute atomic E-state index is 11.6. The van der Waals surface area contributed by atoms with Crippen LogP contribution in [-0.2, 0) is 30.3 Å². The molecule has 0 aromatic heterocycles. The van der Waals surface area contributed by atoms with Crippen molar-refractivity contribution in [1.82, 2.24) is 5.32 Å². The first-order chi connectivity index (χ1) is 18.5. The summed E-state index contributed by atoms with van der Waals surface area (Å²) in [5.41, 5.74) is 1.48. The van der Waals surface area contributed by atoms with Crippen LogP contribution in [0.2, 0.25) is 0 Å². The summed E-state index contributed by atoms with van der Waals surface area (Å²) in [6, 6.07) is 12.2. The molecule has 0 fully saturated rings. The molecule has 0 atom stereocenters. The van der Waals surface area contributed by atoms with E-state index in [1.54, 1.807) is 6.92 Å². The third-order valence-corrected chi connectivity index (χ3v) is 4.97. The average Bonchev–Trinajstić information content (AvgIpc) is 2.92. The van der Waals surface area contributed by atoms with Crippen LogP contribution in [0.25, 0.3) is 0 Å². The van der Waals surface area contributed by atoms with E-state index in [-0.39, 0.29) is 18.9 Å². The van der Waals surface area contributed by atoms with E-state index in [0.29, 0.717) is 76.5 Å². The Morgan fingerprint density at radius 3 is 2.03 bits per heavy atom. The van der Waals surface area contributed by atoms with Crippen molar-refractivity contribution in [2.75, 3.05) is 73.1 Å². The number of nitrogens with zero attached hydrogens (tertiary/aromatic N) is 1. The Hall–Kier alpha value is -3.45. The van der Waals surface area contributed by atoms with Gasteiger partial charge in [0.05, 0.1) is 71.0 Å². The molecule has 0 spiro atoms. The monoisotopic (exact) mass is 536 g/mol. The van der Waals surface area contributed by atoms with Gasteiger partial charge in [-0.3, -0.25) is 10.1 Å². The van der Waals surface area contributed by atoms with Gasteiger partial charge in [-0.25, -0.2) is 4.79 Å². The molecule has 1 N–H and O–H groups in total. The van der Waals surface area contributed by atoms with Gasteiger partial charge in [0.2, 0.25) is 0 Å². The van der Waals surface area contributed by atoms with Crippen LogP contribution >= 0.6 is 0 Å². The Morgan fingerprint density at radius 2 is 1.45 bits per heavy atom. The van der Waals surface area contributed by atoms with Gasteiger partial charge in [0.1, 0.15) is 13.2 Å². The van der Waals surface area contributed by atoms with Crippen molar-refractivity contribution in [3.63, 3.8) is 0 Å². The summed E-state index contributed by atoms with van der Waals surface area (Å²) in [4.78, 5) is 22.2. The number of nitrogens with one attached hydrogen (secondary N) is 1. The van der Waals surface area contributed by atoms with Gasteiger partial charge >= 0.3 is 6.09 Å². The lowest BCUT2D eigenvalue weighted by Crippen LogP contribution is -2.28. The molecule has 0 saturated heterocycles. The molecular formula is C26H36N2O10. The molecular weight excluding hydrogens is 500 g/mol. The van der Waals surface area contributed by atoms with Crippen molar-refractivity contribution >= 4 is 11.8 Å². The maximum atomic E-state index is 11.6. The fraction of sp³-hybridized carbons (Fsp3) is 0.500. The van der Waals surface area contributed by atoms with Crippen LogP contribution in [0.3, 0.4) is 0 Å². The van der Waals surface area contributed by atoms with Gasteiger partial charge < -0.3 is 38.5 Å². The second kappa shape index (κ2) is 18.7. The van der Waals surface area contributed by atoms with Gasteiger partial charge in [-0.2, -0.15) is 0 Å². The fourth-order valence-electron chi connectivity index (χ4n) is 3.17. The smallest absolute Gasteiger partial charge is 0.407 e. The minimum absolute atomic E-state index is 0.0600. The highest BCUT2D eigenvalue weighted by molar-refractivity contribution is 5.67. The molecule has 0 aliphatic heterocycles. The van der Waals surface area contributed by atoms with Crippen LogP contribution in [0.4, 0.5) is 10.5 Å². The van der Waals surface area contributed by atoms with Crippen LogP contribution in [0.15, 0.2) is 42.5 Å². The number of carbonyl (C=O) groups is 1. The Balaban J connectivity index is 1.36. The summed E-state index contributed by atoms with van der Waals surface area (Å²) < 4.78 is 37.7. The van der Waals surface area contributed by atoms with E-state index in [1.807, 2.05) is 30.3 Å². The summed E-state index contributed by atoms with van der Waals surface area (Å²) >= 11 is 0. The van der Waals surface area contributed by atoms with Crippen molar-refractivity contribution in [3.8, 4) is 11.5 Å². The molecule has 2 rings (SSSR count). The lowest BCUT2D eigenvalue weighted by molar-refractivity contribution is -0.385. The van der Waals surface area contributed by atoms with Crippen LogP contribution < -0.4 is 14.8 Å². The number of methoxy groups -OCH3 is 1. The van der Waals surface area contributed by atoms with E-state index in [1.165, 1.54) is 19.2 Å². The van der Waals surface area contributed by atoms with E-state index in [2.05, 4.69) is 5.32 Å². The molecule has 0 bridgehead atoms. The number of nitro benzene ring substituents is 1. The Bertz CT molecular complexity index is 959. The van der Waals surface area contributed by atoms with Gasteiger partial charge in [-0.05, 0) is 12.5 Å². The number of hydrogen-bond acceptors (Lipinski definition) is 10. The molecule has 0 aliphatic rings. The van der Waals surface area contributed by atoms with Crippen LogP contribution in [0.1, 0.15) is 11.1 Å². The molecule has 0 aliphatic carbocycles. The number of nitro groups is 1. The highest BCUT2D eigenvalue weighted by atomic mass is 16.6. The molecule has 0 radical (unpaired) electrons. The Morgan fingerprint density at radius 1 is 0.868 bits per heavy atom. The number of non-ortho nitro benzene ring substituents is 1. The Labute approximate surface area is 222 Å². The van der Waals surface area contributed by atoms with E-state index >= 15 is 0 Å². The number of benzene rings is 2. The van der Waals surface area contributed by atoms with Crippen molar-refractivity contribution < 1.29 is 42.9 Å².